The van der Waals surface area contributed by atoms with Crippen molar-refractivity contribution in [3.8, 4) is 5.75 Å². The summed E-state index contributed by atoms with van der Waals surface area (Å²) in [5.74, 6) is 1.40. The summed E-state index contributed by atoms with van der Waals surface area (Å²) in [6.07, 6.45) is 3.50. The van der Waals surface area contributed by atoms with Gasteiger partial charge in [-0.2, -0.15) is 0 Å². The monoisotopic (exact) mass is 440 g/mol. The van der Waals surface area contributed by atoms with Crippen molar-refractivity contribution < 1.29 is 13.9 Å². The molecule has 0 spiro atoms. The van der Waals surface area contributed by atoms with Crippen molar-refractivity contribution in [1.82, 2.24) is 4.90 Å². The smallest absolute Gasteiger partial charge is 0.255 e. The van der Waals surface area contributed by atoms with Gasteiger partial charge in [-0.05, 0) is 56.3 Å². The van der Waals surface area contributed by atoms with Gasteiger partial charge in [-0.15, -0.1) is 0 Å². The van der Waals surface area contributed by atoms with Crippen LogP contribution in [0.2, 0.25) is 0 Å². The molecule has 1 fully saturated rings. The second kappa shape index (κ2) is 9.51. The fourth-order valence-corrected chi connectivity index (χ4v) is 4.73. The molecule has 0 bridgehead atoms. The topological polar surface area (TPSA) is 54.7 Å². The number of hydrogen-bond donors (Lipinski definition) is 1. The van der Waals surface area contributed by atoms with Crippen LogP contribution >= 0.6 is 0 Å². The van der Waals surface area contributed by atoms with Gasteiger partial charge in [0.05, 0.1) is 18.8 Å². The second-order valence-corrected chi connectivity index (χ2v) is 8.40. The van der Waals surface area contributed by atoms with E-state index in [-0.39, 0.29) is 11.9 Å². The minimum absolute atomic E-state index is 0.152. The number of nitrogens with one attached hydrogen (secondary N) is 1. The van der Waals surface area contributed by atoms with Gasteiger partial charge < -0.3 is 14.5 Å². The molecular formula is C28H28N2O3. The van der Waals surface area contributed by atoms with Crippen LogP contribution in [0.25, 0.3) is 11.0 Å². The number of nitrogens with zero attached hydrogens (tertiary/aromatic N) is 1. The van der Waals surface area contributed by atoms with E-state index in [1.54, 1.807) is 7.11 Å². The molecule has 5 rings (SSSR count). The first-order chi connectivity index (χ1) is 16.3. The molecule has 5 heteroatoms. The number of benzene rings is 3. The molecular weight excluding hydrogens is 412 g/mol. The fourth-order valence-electron chi connectivity index (χ4n) is 4.73. The van der Waals surface area contributed by atoms with Crippen molar-refractivity contribution >= 4 is 22.6 Å². The number of para-hydroxylation sites is 2. The number of fused-ring (bicyclic) bond motifs is 1. The number of anilines is 1. The number of rotatable bonds is 6. The number of hydrogen-bond acceptors (Lipinski definition) is 4. The van der Waals surface area contributed by atoms with Crippen LogP contribution in [0.5, 0.6) is 5.75 Å². The number of likely N-dealkylation sites (tertiary alicyclic amines) is 1. The van der Waals surface area contributed by atoms with Crippen LogP contribution in [0.3, 0.4) is 0 Å². The van der Waals surface area contributed by atoms with E-state index < -0.39 is 0 Å². The molecule has 1 amide bonds. The maximum atomic E-state index is 13.2. The molecule has 3 aromatic carbocycles. The summed E-state index contributed by atoms with van der Waals surface area (Å²) in [7, 11) is 1.70. The number of piperidine rings is 1. The molecule has 0 saturated carbocycles. The summed E-state index contributed by atoms with van der Waals surface area (Å²) in [5, 5.41) is 4.07. The Labute approximate surface area is 194 Å². The van der Waals surface area contributed by atoms with E-state index >= 15 is 0 Å². The highest BCUT2D eigenvalue weighted by molar-refractivity contribution is 6.09. The molecule has 168 valence electrons. The third-order valence-corrected chi connectivity index (χ3v) is 6.33. The molecule has 5 nitrogen and oxygen atoms in total. The molecule has 4 aromatic rings. The number of furan rings is 1. The molecule has 0 aliphatic carbocycles. The van der Waals surface area contributed by atoms with Gasteiger partial charge in [-0.1, -0.05) is 55.0 Å². The van der Waals surface area contributed by atoms with Crippen molar-refractivity contribution in [2.45, 2.75) is 25.3 Å². The first-order valence-corrected chi connectivity index (χ1v) is 11.5. The standard InChI is InChI=1S/C28H28N2O3/c1-32-23-16-8-7-15-22(23)26(30-18-10-3-11-19-30)27-25(21-14-6-9-17-24(21)33-27)29-28(31)20-12-4-2-5-13-20/h2,4-9,12-17,26H,3,10-11,18-19H2,1H3,(H,29,31)/t26-/m1/s1. The maximum absolute atomic E-state index is 13.2. The summed E-state index contributed by atoms with van der Waals surface area (Å²) >= 11 is 0. The van der Waals surface area contributed by atoms with Crippen molar-refractivity contribution in [3.05, 3.63) is 95.7 Å². The first kappa shape index (κ1) is 21.3. The predicted molar refractivity (Wildman–Crippen MR) is 131 cm³/mol. The highest BCUT2D eigenvalue weighted by Gasteiger charge is 2.33. The fraction of sp³-hybridized carbons (Fsp3) is 0.250. The van der Waals surface area contributed by atoms with Crippen LogP contribution < -0.4 is 10.1 Å². The molecule has 2 heterocycles. The lowest BCUT2D eigenvalue weighted by atomic mass is 9.97. The highest BCUT2D eigenvalue weighted by Crippen LogP contribution is 2.43. The molecule has 1 N–H and O–H groups in total. The number of ether oxygens (including phenoxy) is 1. The molecule has 0 unspecified atom stereocenters. The summed E-state index contributed by atoms with van der Waals surface area (Å²) in [6.45, 7) is 1.93. The zero-order valence-electron chi connectivity index (χ0n) is 18.8. The quantitative estimate of drug-likeness (QED) is 0.384. The maximum Gasteiger partial charge on any atom is 0.255 e. The van der Waals surface area contributed by atoms with Gasteiger partial charge in [0.25, 0.3) is 5.91 Å². The molecule has 1 aliphatic rings. The van der Waals surface area contributed by atoms with Gasteiger partial charge >= 0.3 is 0 Å². The number of amides is 1. The Morgan fingerprint density at radius 3 is 2.39 bits per heavy atom. The van der Waals surface area contributed by atoms with Crippen LogP contribution in [-0.2, 0) is 0 Å². The number of carbonyl (C=O) groups is 1. The minimum atomic E-state index is -0.167. The Morgan fingerprint density at radius 2 is 1.61 bits per heavy atom. The Hall–Kier alpha value is -3.57. The number of methoxy groups -OCH3 is 1. The van der Waals surface area contributed by atoms with Crippen LogP contribution in [-0.4, -0.2) is 31.0 Å². The van der Waals surface area contributed by atoms with E-state index in [1.807, 2.05) is 72.8 Å². The van der Waals surface area contributed by atoms with Crippen molar-refractivity contribution in [3.63, 3.8) is 0 Å². The van der Waals surface area contributed by atoms with Crippen molar-refractivity contribution in [1.29, 1.82) is 0 Å². The normalized spacial score (nSPS) is 15.3. The van der Waals surface area contributed by atoms with Gasteiger partial charge in [-0.3, -0.25) is 9.69 Å². The average Bonchev–Trinajstić information content (AvgIpc) is 3.23. The zero-order chi connectivity index (χ0) is 22.6. The van der Waals surface area contributed by atoms with Gasteiger partial charge in [0.15, 0.2) is 5.76 Å². The Morgan fingerprint density at radius 1 is 0.909 bits per heavy atom. The van der Waals surface area contributed by atoms with Gasteiger partial charge in [0.2, 0.25) is 0 Å². The lowest BCUT2D eigenvalue weighted by Crippen LogP contribution is -2.34. The molecule has 1 atom stereocenters. The largest absolute Gasteiger partial charge is 0.496 e. The first-order valence-electron chi connectivity index (χ1n) is 11.5. The lowest BCUT2D eigenvalue weighted by Gasteiger charge is -2.34. The lowest BCUT2D eigenvalue weighted by molar-refractivity contribution is 0.102. The molecule has 1 aromatic heterocycles. The Bertz CT molecular complexity index is 1240. The molecule has 1 saturated heterocycles. The summed E-state index contributed by atoms with van der Waals surface area (Å²) in [5.41, 5.74) is 3.13. The van der Waals surface area contributed by atoms with Gasteiger partial charge in [0, 0.05) is 16.5 Å². The molecule has 0 radical (unpaired) electrons. The van der Waals surface area contributed by atoms with Gasteiger partial charge in [-0.25, -0.2) is 0 Å². The van der Waals surface area contributed by atoms with Crippen LogP contribution in [0.4, 0.5) is 5.69 Å². The van der Waals surface area contributed by atoms with Crippen LogP contribution in [0.15, 0.2) is 83.3 Å². The van der Waals surface area contributed by atoms with Gasteiger partial charge in [0.1, 0.15) is 11.3 Å². The average molecular weight is 441 g/mol. The summed E-state index contributed by atoms with van der Waals surface area (Å²) in [4.78, 5) is 15.6. The van der Waals surface area contributed by atoms with E-state index in [9.17, 15) is 4.79 Å². The zero-order valence-corrected chi connectivity index (χ0v) is 18.8. The van der Waals surface area contributed by atoms with E-state index in [0.717, 1.165) is 59.7 Å². The predicted octanol–water partition coefficient (Wildman–Crippen LogP) is 6.27. The third kappa shape index (κ3) is 4.24. The second-order valence-electron chi connectivity index (χ2n) is 8.40. The molecule has 33 heavy (non-hydrogen) atoms. The van der Waals surface area contributed by atoms with Crippen molar-refractivity contribution in [2.75, 3.05) is 25.5 Å². The third-order valence-electron chi connectivity index (χ3n) is 6.33. The van der Waals surface area contributed by atoms with Crippen molar-refractivity contribution in [2.24, 2.45) is 0 Å². The van der Waals surface area contributed by atoms with E-state index in [2.05, 4.69) is 16.3 Å². The van der Waals surface area contributed by atoms with E-state index in [1.165, 1.54) is 6.42 Å². The van der Waals surface area contributed by atoms with Crippen LogP contribution in [0, 0.1) is 0 Å². The van der Waals surface area contributed by atoms with E-state index in [0.29, 0.717) is 5.56 Å². The summed E-state index contributed by atoms with van der Waals surface area (Å²) in [6, 6.07) is 25.1. The Kier molecular flexibility index (Phi) is 6.13. The Balaban J connectivity index is 1.66. The SMILES string of the molecule is COc1ccccc1[C@H](c1oc2ccccc2c1NC(=O)c1ccccc1)N1CCCCC1. The highest BCUT2D eigenvalue weighted by atomic mass is 16.5. The van der Waals surface area contributed by atoms with E-state index in [4.69, 9.17) is 9.15 Å². The summed E-state index contributed by atoms with van der Waals surface area (Å²) < 4.78 is 12.2. The van der Waals surface area contributed by atoms with Crippen LogP contribution in [0.1, 0.15) is 47.0 Å². The number of carbonyl (C=O) groups excluding carboxylic acids is 1. The minimum Gasteiger partial charge on any atom is -0.496 e. The molecule has 1 aliphatic heterocycles.